The number of carbonyl (C=O) groups is 1. The molecule has 0 aromatic heterocycles. The molecule has 1 aromatic carbocycles. The monoisotopic (exact) mass is 339 g/mol. The summed E-state index contributed by atoms with van der Waals surface area (Å²) in [5.41, 5.74) is 0.874. The van der Waals surface area contributed by atoms with Crippen LogP contribution in [0.4, 0.5) is 3.89 Å². The largest absolute Gasteiger partial charge is 0.341 e. The van der Waals surface area contributed by atoms with Crippen LogP contribution >= 0.6 is 23.2 Å². The minimum absolute atomic E-state index is 0.0982. The van der Waals surface area contributed by atoms with Crippen molar-refractivity contribution in [1.82, 2.24) is 4.90 Å². The molecule has 1 atom stereocenters. The first kappa shape index (κ1) is 15.5. The Kier molecular flexibility index (Phi) is 4.56. The Bertz CT molecular complexity index is 636. The van der Waals surface area contributed by atoms with Gasteiger partial charge in [-0.15, -0.1) is 3.89 Å². The van der Waals surface area contributed by atoms with E-state index in [0.29, 0.717) is 23.0 Å². The first-order chi connectivity index (χ1) is 9.27. The highest BCUT2D eigenvalue weighted by Gasteiger charge is 2.37. The van der Waals surface area contributed by atoms with Gasteiger partial charge in [0.15, 0.2) is 0 Å². The molecule has 0 N–H and O–H groups in total. The van der Waals surface area contributed by atoms with Crippen molar-refractivity contribution in [3.8, 4) is 0 Å². The highest BCUT2D eigenvalue weighted by molar-refractivity contribution is 7.87. The second kappa shape index (κ2) is 5.87. The SMILES string of the molecule is O=C1CC(S(=O)(=O)F)CN1CCc1ccc(Cl)c(Cl)c1. The summed E-state index contributed by atoms with van der Waals surface area (Å²) in [5.74, 6) is -0.351. The van der Waals surface area contributed by atoms with Gasteiger partial charge in [-0.1, -0.05) is 29.3 Å². The van der Waals surface area contributed by atoms with Crippen molar-refractivity contribution in [2.75, 3.05) is 13.1 Å². The van der Waals surface area contributed by atoms with Gasteiger partial charge >= 0.3 is 10.2 Å². The van der Waals surface area contributed by atoms with E-state index in [9.17, 15) is 17.1 Å². The summed E-state index contributed by atoms with van der Waals surface area (Å²) in [4.78, 5) is 13.0. The maximum atomic E-state index is 12.9. The third kappa shape index (κ3) is 3.62. The summed E-state index contributed by atoms with van der Waals surface area (Å²) in [6, 6.07) is 5.12. The van der Waals surface area contributed by atoms with Crippen molar-refractivity contribution in [1.29, 1.82) is 0 Å². The summed E-state index contributed by atoms with van der Waals surface area (Å²) in [7, 11) is -4.66. The number of carbonyl (C=O) groups excluding carboxylic acids is 1. The van der Waals surface area contributed by atoms with Crippen molar-refractivity contribution in [2.24, 2.45) is 0 Å². The zero-order valence-electron chi connectivity index (χ0n) is 10.4. The van der Waals surface area contributed by atoms with Gasteiger partial charge in [0.1, 0.15) is 5.25 Å². The van der Waals surface area contributed by atoms with Crippen molar-refractivity contribution >= 4 is 39.3 Å². The highest BCUT2D eigenvalue weighted by atomic mass is 35.5. The third-order valence-electron chi connectivity index (χ3n) is 3.23. The van der Waals surface area contributed by atoms with Crippen molar-refractivity contribution in [3.05, 3.63) is 33.8 Å². The van der Waals surface area contributed by atoms with Gasteiger partial charge in [-0.3, -0.25) is 4.79 Å². The second-order valence-corrected chi connectivity index (χ2v) is 7.07. The molecule has 8 heteroatoms. The molecule has 1 unspecified atom stereocenters. The molecule has 4 nitrogen and oxygen atoms in total. The van der Waals surface area contributed by atoms with E-state index >= 15 is 0 Å². The van der Waals surface area contributed by atoms with Gasteiger partial charge in [0, 0.05) is 19.5 Å². The molecule has 0 bridgehead atoms. The van der Waals surface area contributed by atoms with Crippen molar-refractivity contribution < 1.29 is 17.1 Å². The van der Waals surface area contributed by atoms with Gasteiger partial charge in [-0.05, 0) is 24.1 Å². The summed E-state index contributed by atoms with van der Waals surface area (Å²) in [6.07, 6.45) is 0.210. The molecule has 0 radical (unpaired) electrons. The number of likely N-dealkylation sites (tertiary alicyclic amines) is 1. The van der Waals surface area contributed by atoms with Crippen LogP contribution in [-0.2, 0) is 21.4 Å². The average molecular weight is 340 g/mol. The Labute approximate surface area is 126 Å². The number of halogens is 3. The summed E-state index contributed by atoms with van der Waals surface area (Å²) < 4.78 is 34.5. The van der Waals surface area contributed by atoms with Crippen LogP contribution in [0.15, 0.2) is 18.2 Å². The molecule has 1 amide bonds. The van der Waals surface area contributed by atoms with Gasteiger partial charge in [0.05, 0.1) is 10.0 Å². The molecule has 0 aliphatic carbocycles. The fourth-order valence-electron chi connectivity index (χ4n) is 2.10. The van der Waals surface area contributed by atoms with Gasteiger partial charge in [0.2, 0.25) is 5.91 Å². The fourth-order valence-corrected chi connectivity index (χ4v) is 3.12. The predicted octanol–water partition coefficient (Wildman–Crippen LogP) is 2.44. The molecule has 1 aliphatic heterocycles. The Morgan fingerprint density at radius 2 is 2.00 bits per heavy atom. The number of hydrogen-bond acceptors (Lipinski definition) is 3. The van der Waals surface area contributed by atoms with E-state index in [1.165, 1.54) is 4.90 Å². The Hall–Kier alpha value is -0.850. The molecule has 2 rings (SSSR count). The van der Waals surface area contributed by atoms with Crippen LogP contribution in [0.3, 0.4) is 0 Å². The quantitative estimate of drug-likeness (QED) is 0.791. The lowest BCUT2D eigenvalue weighted by Crippen LogP contribution is -2.29. The van der Waals surface area contributed by atoms with Gasteiger partial charge in [0.25, 0.3) is 0 Å². The zero-order chi connectivity index (χ0) is 14.9. The van der Waals surface area contributed by atoms with Crippen LogP contribution in [0.25, 0.3) is 0 Å². The van der Waals surface area contributed by atoms with E-state index in [1.807, 2.05) is 0 Å². The Morgan fingerprint density at radius 3 is 2.55 bits per heavy atom. The number of amides is 1. The average Bonchev–Trinajstić information content (AvgIpc) is 2.72. The number of nitrogens with zero attached hydrogens (tertiary/aromatic N) is 1. The molecule has 110 valence electrons. The molecule has 1 saturated heterocycles. The Balaban J connectivity index is 1.98. The maximum absolute atomic E-state index is 12.9. The van der Waals surface area contributed by atoms with E-state index in [1.54, 1.807) is 18.2 Å². The van der Waals surface area contributed by atoms with Crippen LogP contribution in [0.1, 0.15) is 12.0 Å². The van der Waals surface area contributed by atoms with Gasteiger partial charge < -0.3 is 4.90 Å². The van der Waals surface area contributed by atoms with Gasteiger partial charge in [-0.25, -0.2) is 0 Å². The minimum atomic E-state index is -4.66. The summed E-state index contributed by atoms with van der Waals surface area (Å²) in [6.45, 7) is 0.224. The van der Waals surface area contributed by atoms with Crippen LogP contribution in [0.2, 0.25) is 10.0 Å². The van der Waals surface area contributed by atoms with Crippen LogP contribution in [-0.4, -0.2) is 37.6 Å². The van der Waals surface area contributed by atoms with E-state index < -0.39 is 15.5 Å². The number of hydrogen-bond donors (Lipinski definition) is 0. The number of benzene rings is 1. The maximum Gasteiger partial charge on any atom is 0.307 e. The van der Waals surface area contributed by atoms with E-state index in [2.05, 4.69) is 0 Å². The lowest BCUT2D eigenvalue weighted by atomic mass is 10.1. The van der Waals surface area contributed by atoms with Crippen molar-refractivity contribution in [2.45, 2.75) is 18.1 Å². The summed E-state index contributed by atoms with van der Waals surface area (Å²) >= 11 is 11.7. The Morgan fingerprint density at radius 1 is 1.30 bits per heavy atom. The molecular formula is C12H12Cl2FNO3S. The first-order valence-electron chi connectivity index (χ1n) is 5.92. The second-order valence-electron chi connectivity index (χ2n) is 4.64. The molecular weight excluding hydrogens is 328 g/mol. The molecule has 1 aliphatic rings. The standard InChI is InChI=1S/C12H12Cl2FNO3S/c13-10-2-1-8(5-11(10)14)3-4-16-7-9(6-12(16)17)20(15,18)19/h1-2,5,9H,3-4,6-7H2. The molecule has 1 fully saturated rings. The molecule has 1 heterocycles. The predicted molar refractivity (Wildman–Crippen MR) is 75.2 cm³/mol. The molecule has 20 heavy (non-hydrogen) atoms. The van der Waals surface area contributed by atoms with Crippen LogP contribution in [0.5, 0.6) is 0 Å². The number of rotatable bonds is 4. The van der Waals surface area contributed by atoms with E-state index in [4.69, 9.17) is 23.2 Å². The van der Waals surface area contributed by atoms with Crippen LogP contribution in [0, 0.1) is 0 Å². The lowest BCUT2D eigenvalue weighted by Gasteiger charge is -2.15. The van der Waals surface area contributed by atoms with Gasteiger partial charge in [-0.2, -0.15) is 8.42 Å². The first-order valence-corrected chi connectivity index (χ1v) is 8.13. The molecule has 0 spiro atoms. The normalized spacial score (nSPS) is 19.6. The smallest absolute Gasteiger partial charge is 0.307 e. The minimum Gasteiger partial charge on any atom is -0.341 e. The molecule has 1 aromatic rings. The van der Waals surface area contributed by atoms with E-state index in [-0.39, 0.29) is 18.9 Å². The lowest BCUT2D eigenvalue weighted by molar-refractivity contribution is -0.127. The summed E-state index contributed by atoms with van der Waals surface area (Å²) in [5, 5.41) is -0.388. The zero-order valence-corrected chi connectivity index (χ0v) is 12.7. The van der Waals surface area contributed by atoms with Crippen LogP contribution < -0.4 is 0 Å². The van der Waals surface area contributed by atoms with Crippen molar-refractivity contribution in [3.63, 3.8) is 0 Å². The molecule has 0 saturated carbocycles. The topological polar surface area (TPSA) is 54.5 Å². The van der Waals surface area contributed by atoms with E-state index in [0.717, 1.165) is 5.56 Å². The highest BCUT2D eigenvalue weighted by Crippen LogP contribution is 2.24. The fraction of sp³-hybridized carbons (Fsp3) is 0.417. The third-order valence-corrected chi connectivity index (χ3v) is 5.08.